The van der Waals surface area contributed by atoms with Crippen LogP contribution in [0.3, 0.4) is 0 Å². The number of pyridine rings is 1. The molecule has 0 aliphatic heterocycles. The van der Waals surface area contributed by atoms with Gasteiger partial charge in [0.05, 0.1) is 0 Å². The van der Waals surface area contributed by atoms with Gasteiger partial charge >= 0.3 is 0 Å². The zero-order chi connectivity index (χ0) is 14.7. The first kappa shape index (κ1) is 14.0. The molecule has 0 radical (unpaired) electrons. The molecular weight excluding hydrogens is 260 g/mol. The summed E-state index contributed by atoms with van der Waals surface area (Å²) in [6.45, 7) is 4.32. The van der Waals surface area contributed by atoms with E-state index in [1.807, 2.05) is 37.6 Å². The Hall–Kier alpha value is -1.97. The average molecular weight is 282 g/mol. The third-order valence-electron chi connectivity index (χ3n) is 4.23. The van der Waals surface area contributed by atoms with E-state index in [9.17, 15) is 0 Å². The first-order chi connectivity index (χ1) is 10.2. The molecule has 4 nitrogen and oxygen atoms in total. The van der Waals surface area contributed by atoms with Crippen LogP contribution in [0.5, 0.6) is 0 Å². The molecule has 1 aliphatic rings. The van der Waals surface area contributed by atoms with E-state index in [-0.39, 0.29) is 0 Å². The van der Waals surface area contributed by atoms with Crippen LogP contribution in [0.25, 0.3) is 11.1 Å². The van der Waals surface area contributed by atoms with Crippen molar-refractivity contribution in [3.63, 3.8) is 0 Å². The van der Waals surface area contributed by atoms with Crippen LogP contribution in [0, 0.1) is 12.8 Å². The van der Waals surface area contributed by atoms with Crippen molar-refractivity contribution in [2.75, 3.05) is 5.32 Å². The maximum absolute atomic E-state index is 4.46. The van der Waals surface area contributed by atoms with E-state index in [4.69, 9.17) is 0 Å². The monoisotopic (exact) mass is 282 g/mol. The number of hydrogen-bond donors (Lipinski definition) is 1. The van der Waals surface area contributed by atoms with Gasteiger partial charge in [0, 0.05) is 35.9 Å². The Morgan fingerprint density at radius 2 is 1.71 bits per heavy atom. The summed E-state index contributed by atoms with van der Waals surface area (Å²) in [5.74, 6) is 1.60. The summed E-state index contributed by atoms with van der Waals surface area (Å²) < 4.78 is 0. The number of anilines is 1. The summed E-state index contributed by atoms with van der Waals surface area (Å²) in [6.07, 6.45) is 10.6. The minimum Gasteiger partial charge on any atom is -0.351 e. The van der Waals surface area contributed by atoms with Crippen molar-refractivity contribution < 1.29 is 0 Å². The Kier molecular flexibility index (Phi) is 4.13. The zero-order valence-electron chi connectivity index (χ0n) is 12.7. The lowest BCUT2D eigenvalue weighted by Crippen LogP contribution is -2.26. The molecule has 0 atom stereocenters. The van der Waals surface area contributed by atoms with Gasteiger partial charge in [0.25, 0.3) is 0 Å². The van der Waals surface area contributed by atoms with E-state index < -0.39 is 0 Å². The molecule has 0 aromatic carbocycles. The van der Waals surface area contributed by atoms with Crippen LogP contribution in [0.15, 0.2) is 30.7 Å². The Morgan fingerprint density at radius 1 is 1.00 bits per heavy atom. The summed E-state index contributed by atoms with van der Waals surface area (Å²) in [7, 11) is 0. The lowest BCUT2D eigenvalue weighted by molar-refractivity contribution is 0.360. The minimum atomic E-state index is 0.523. The topological polar surface area (TPSA) is 50.7 Å². The quantitative estimate of drug-likeness (QED) is 0.929. The van der Waals surface area contributed by atoms with Crippen LogP contribution in [-0.4, -0.2) is 21.0 Å². The van der Waals surface area contributed by atoms with Crippen LogP contribution in [0.1, 0.15) is 38.3 Å². The second kappa shape index (κ2) is 6.20. The molecule has 0 bridgehead atoms. The predicted molar refractivity (Wildman–Crippen MR) is 85.0 cm³/mol. The fourth-order valence-corrected chi connectivity index (χ4v) is 2.86. The molecule has 21 heavy (non-hydrogen) atoms. The predicted octanol–water partition coefficient (Wildman–Crippen LogP) is 3.84. The van der Waals surface area contributed by atoms with E-state index in [0.717, 1.165) is 28.7 Å². The SMILES string of the molecule is Cc1cc(-c2cnc(NC3CCC(C)CC3)nc2)ccn1. The van der Waals surface area contributed by atoms with Gasteiger partial charge in [-0.3, -0.25) is 4.98 Å². The molecule has 110 valence electrons. The van der Waals surface area contributed by atoms with E-state index in [0.29, 0.717) is 6.04 Å². The summed E-state index contributed by atoms with van der Waals surface area (Å²) in [6, 6.07) is 4.56. The van der Waals surface area contributed by atoms with Crippen LogP contribution >= 0.6 is 0 Å². The molecule has 1 fully saturated rings. The van der Waals surface area contributed by atoms with E-state index in [1.54, 1.807) is 0 Å². The molecule has 0 saturated heterocycles. The maximum Gasteiger partial charge on any atom is 0.222 e. The van der Waals surface area contributed by atoms with Crippen LogP contribution in [0.4, 0.5) is 5.95 Å². The molecule has 1 aliphatic carbocycles. The highest BCUT2D eigenvalue weighted by Crippen LogP contribution is 2.25. The largest absolute Gasteiger partial charge is 0.351 e. The van der Waals surface area contributed by atoms with E-state index in [2.05, 4.69) is 27.2 Å². The maximum atomic E-state index is 4.46. The number of aryl methyl sites for hydroxylation is 1. The average Bonchev–Trinajstić information content (AvgIpc) is 2.50. The molecule has 2 aromatic rings. The van der Waals surface area contributed by atoms with Gasteiger partial charge in [-0.05, 0) is 56.2 Å². The molecule has 0 amide bonds. The van der Waals surface area contributed by atoms with Crippen molar-refractivity contribution in [1.82, 2.24) is 15.0 Å². The van der Waals surface area contributed by atoms with Crippen molar-refractivity contribution >= 4 is 5.95 Å². The molecule has 1 saturated carbocycles. The molecule has 0 unspecified atom stereocenters. The lowest BCUT2D eigenvalue weighted by Gasteiger charge is -2.26. The van der Waals surface area contributed by atoms with Crippen molar-refractivity contribution in [3.05, 3.63) is 36.4 Å². The second-order valence-electron chi connectivity index (χ2n) is 6.08. The first-order valence-corrected chi connectivity index (χ1v) is 7.72. The summed E-state index contributed by atoms with van der Waals surface area (Å²) >= 11 is 0. The molecule has 2 heterocycles. The normalized spacial score (nSPS) is 22.0. The van der Waals surface area contributed by atoms with Crippen molar-refractivity contribution in [2.45, 2.75) is 45.6 Å². The number of nitrogens with zero attached hydrogens (tertiary/aromatic N) is 3. The van der Waals surface area contributed by atoms with Crippen LogP contribution in [-0.2, 0) is 0 Å². The van der Waals surface area contributed by atoms with Gasteiger partial charge in [-0.25, -0.2) is 9.97 Å². The van der Waals surface area contributed by atoms with Gasteiger partial charge in [0.15, 0.2) is 0 Å². The van der Waals surface area contributed by atoms with Gasteiger partial charge in [-0.1, -0.05) is 6.92 Å². The number of rotatable bonds is 3. The third kappa shape index (κ3) is 3.57. The fourth-order valence-electron chi connectivity index (χ4n) is 2.86. The smallest absolute Gasteiger partial charge is 0.222 e. The van der Waals surface area contributed by atoms with E-state index in [1.165, 1.54) is 25.7 Å². The first-order valence-electron chi connectivity index (χ1n) is 7.72. The standard InChI is InChI=1S/C17H22N4/c1-12-3-5-16(6-4-12)21-17-19-10-15(11-20-17)14-7-8-18-13(2)9-14/h7-12,16H,3-6H2,1-2H3,(H,19,20,21). The number of aromatic nitrogens is 3. The zero-order valence-corrected chi connectivity index (χ0v) is 12.7. The van der Waals surface area contributed by atoms with Gasteiger partial charge in [-0.15, -0.1) is 0 Å². The summed E-state index contributed by atoms with van der Waals surface area (Å²) in [5, 5.41) is 3.46. The third-order valence-corrected chi connectivity index (χ3v) is 4.23. The fraction of sp³-hybridized carbons (Fsp3) is 0.471. The highest BCUT2D eigenvalue weighted by molar-refractivity contribution is 5.61. The van der Waals surface area contributed by atoms with Gasteiger partial charge in [-0.2, -0.15) is 0 Å². The lowest BCUT2D eigenvalue weighted by atomic mass is 9.87. The van der Waals surface area contributed by atoms with Crippen molar-refractivity contribution in [3.8, 4) is 11.1 Å². The van der Waals surface area contributed by atoms with Crippen molar-refractivity contribution in [2.24, 2.45) is 5.92 Å². The van der Waals surface area contributed by atoms with Gasteiger partial charge in [0.1, 0.15) is 0 Å². The highest BCUT2D eigenvalue weighted by atomic mass is 15.1. The van der Waals surface area contributed by atoms with Crippen molar-refractivity contribution in [1.29, 1.82) is 0 Å². The number of nitrogens with one attached hydrogen (secondary N) is 1. The molecule has 2 aromatic heterocycles. The summed E-state index contributed by atoms with van der Waals surface area (Å²) in [5.41, 5.74) is 3.15. The molecule has 3 rings (SSSR count). The minimum absolute atomic E-state index is 0.523. The molecule has 1 N–H and O–H groups in total. The second-order valence-corrected chi connectivity index (χ2v) is 6.08. The van der Waals surface area contributed by atoms with E-state index >= 15 is 0 Å². The Bertz CT molecular complexity index is 586. The van der Waals surface area contributed by atoms with Gasteiger partial charge in [0.2, 0.25) is 5.95 Å². The molecule has 4 heteroatoms. The summed E-state index contributed by atoms with van der Waals surface area (Å²) in [4.78, 5) is 13.1. The molecule has 0 spiro atoms. The Balaban J connectivity index is 1.67. The highest BCUT2D eigenvalue weighted by Gasteiger charge is 2.18. The Morgan fingerprint density at radius 3 is 2.38 bits per heavy atom. The van der Waals surface area contributed by atoms with Crippen LogP contribution in [0.2, 0.25) is 0 Å². The van der Waals surface area contributed by atoms with Crippen LogP contribution < -0.4 is 5.32 Å². The van der Waals surface area contributed by atoms with Gasteiger partial charge < -0.3 is 5.32 Å². The Labute approximate surface area is 126 Å². The molecular formula is C17H22N4. The number of hydrogen-bond acceptors (Lipinski definition) is 4.